The number of nitriles is 1. The fourth-order valence-corrected chi connectivity index (χ4v) is 5.51. The number of hydrogen-bond acceptors (Lipinski definition) is 5. The number of ether oxygens (including phenoxy) is 1. The number of carbonyl (C=O) groups excluding carboxylic acids is 1. The van der Waals surface area contributed by atoms with Crippen molar-refractivity contribution in [2.24, 2.45) is 0 Å². The van der Waals surface area contributed by atoms with Crippen molar-refractivity contribution in [2.75, 3.05) is 12.0 Å². The first-order valence-electron chi connectivity index (χ1n) is 12.1. The van der Waals surface area contributed by atoms with Crippen molar-refractivity contribution in [1.29, 1.82) is 5.26 Å². The first kappa shape index (κ1) is 25.8. The molecule has 1 amide bonds. The average Bonchev–Trinajstić information content (AvgIpc) is 3.40. The fourth-order valence-electron chi connectivity index (χ4n) is 5.12. The van der Waals surface area contributed by atoms with Crippen molar-refractivity contribution in [1.82, 2.24) is 14.8 Å². The first-order valence-corrected chi connectivity index (χ1v) is 12.8. The van der Waals surface area contributed by atoms with Gasteiger partial charge in [-0.1, -0.05) is 49.2 Å². The van der Waals surface area contributed by atoms with Crippen LogP contribution in [0.4, 0.5) is 5.69 Å². The molecule has 1 aliphatic heterocycles. The number of halogens is 2. The van der Waals surface area contributed by atoms with E-state index in [4.69, 9.17) is 33.0 Å². The minimum atomic E-state index is -0.471. The quantitative estimate of drug-likeness (QED) is 0.271. The molecule has 5 rings (SSSR count). The minimum Gasteiger partial charge on any atom is -0.493 e. The molecule has 0 saturated carbocycles. The van der Waals surface area contributed by atoms with Crippen LogP contribution in [0.1, 0.15) is 69.9 Å². The maximum atomic E-state index is 14.2. The highest BCUT2D eigenvalue weighted by atomic mass is 35.5. The van der Waals surface area contributed by atoms with Crippen LogP contribution in [0.2, 0.25) is 10.0 Å². The molecule has 9 heteroatoms. The van der Waals surface area contributed by atoms with Gasteiger partial charge in [0.25, 0.3) is 5.91 Å². The minimum absolute atomic E-state index is 0.0297. The Bertz CT molecular complexity index is 1640. The Morgan fingerprint density at radius 2 is 1.74 bits per heavy atom. The van der Waals surface area contributed by atoms with Gasteiger partial charge in [0.2, 0.25) is 0 Å². The lowest BCUT2D eigenvalue weighted by atomic mass is 9.91. The summed E-state index contributed by atoms with van der Waals surface area (Å²) >= 11 is 12.7. The Hall–Kier alpha value is -3.86. The third-order valence-corrected chi connectivity index (χ3v) is 7.30. The maximum absolute atomic E-state index is 14.2. The number of aryl methyl sites for hydroxylation is 2. The zero-order chi connectivity index (χ0) is 27.3. The normalized spacial score (nSPS) is 14.7. The van der Waals surface area contributed by atoms with Gasteiger partial charge >= 0.3 is 0 Å². The number of nitrogens with zero attached hydrogens (tertiary/aromatic N) is 5. The van der Waals surface area contributed by atoms with Crippen molar-refractivity contribution < 1.29 is 9.53 Å². The zero-order valence-corrected chi connectivity index (χ0v) is 23.1. The van der Waals surface area contributed by atoms with Crippen LogP contribution in [0.3, 0.4) is 0 Å². The molecule has 0 N–H and O–H groups in total. The maximum Gasteiger partial charge on any atom is 0.280 e. The van der Waals surface area contributed by atoms with Gasteiger partial charge < -0.3 is 4.74 Å². The number of carbonyl (C=O) groups is 1. The molecule has 0 saturated heterocycles. The molecule has 0 fully saturated rings. The Kier molecular flexibility index (Phi) is 6.64. The Labute approximate surface area is 231 Å². The van der Waals surface area contributed by atoms with Crippen molar-refractivity contribution in [2.45, 2.75) is 39.7 Å². The summed E-state index contributed by atoms with van der Waals surface area (Å²) in [6, 6.07) is 14.4. The van der Waals surface area contributed by atoms with Crippen LogP contribution in [0.15, 0.2) is 48.7 Å². The van der Waals surface area contributed by atoms with E-state index in [2.05, 4.69) is 24.9 Å². The number of methoxy groups -OCH3 is 1. The van der Waals surface area contributed by atoms with Gasteiger partial charge in [0, 0.05) is 27.4 Å². The number of amides is 1. The number of anilines is 1. The summed E-state index contributed by atoms with van der Waals surface area (Å²) in [4.78, 5) is 20.1. The highest BCUT2D eigenvalue weighted by Gasteiger charge is 2.46. The molecule has 38 heavy (non-hydrogen) atoms. The molecular weight excluding hydrogens is 521 g/mol. The number of aromatic nitrogens is 3. The van der Waals surface area contributed by atoms with Crippen molar-refractivity contribution >= 4 is 34.8 Å². The smallest absolute Gasteiger partial charge is 0.280 e. The second-order valence-corrected chi connectivity index (χ2v) is 10.4. The Morgan fingerprint density at radius 3 is 2.39 bits per heavy atom. The third-order valence-electron chi connectivity index (χ3n) is 6.83. The number of fused-ring (bicyclic) bond motifs is 1. The molecular formula is C29H25Cl2N5O2. The fraction of sp³-hybridized carbons (Fsp3) is 0.241. The molecule has 1 unspecified atom stereocenters. The second-order valence-electron chi connectivity index (χ2n) is 9.58. The van der Waals surface area contributed by atoms with Crippen molar-refractivity contribution in [3.8, 4) is 17.5 Å². The summed E-state index contributed by atoms with van der Waals surface area (Å²) in [6.45, 7) is 8.04. The van der Waals surface area contributed by atoms with Gasteiger partial charge in [-0.3, -0.25) is 9.69 Å². The standard InChI is InChI=1S/C29H25Cl2N5O2/c1-15(2)27-25-26(34-36(27)23-12-20(13-32)33-14-24(23)38-5)29(37)35(22-11-19(31)7-6-16(22)3)28(25)21-9-8-18(30)10-17(21)4/h6-12,14-15,28H,1-5H3. The van der Waals surface area contributed by atoms with Crippen LogP contribution >= 0.6 is 23.2 Å². The van der Waals surface area contributed by atoms with E-state index < -0.39 is 6.04 Å². The molecule has 3 heterocycles. The number of pyridine rings is 1. The van der Waals surface area contributed by atoms with Gasteiger partial charge in [-0.25, -0.2) is 9.67 Å². The highest BCUT2D eigenvalue weighted by molar-refractivity contribution is 6.31. The largest absolute Gasteiger partial charge is 0.493 e. The molecule has 2 aromatic carbocycles. The highest BCUT2D eigenvalue weighted by Crippen LogP contribution is 2.47. The molecule has 0 spiro atoms. The second kappa shape index (κ2) is 9.79. The van der Waals surface area contributed by atoms with Gasteiger partial charge in [-0.15, -0.1) is 0 Å². The van der Waals surface area contributed by atoms with Crippen LogP contribution in [0.5, 0.6) is 5.75 Å². The molecule has 0 bridgehead atoms. The van der Waals surface area contributed by atoms with E-state index in [9.17, 15) is 10.1 Å². The van der Waals surface area contributed by atoms with Crippen molar-refractivity contribution in [3.05, 3.63) is 98.0 Å². The Morgan fingerprint density at radius 1 is 1.03 bits per heavy atom. The average molecular weight is 546 g/mol. The predicted molar refractivity (Wildman–Crippen MR) is 148 cm³/mol. The Balaban J connectivity index is 1.84. The van der Waals surface area contributed by atoms with E-state index in [1.165, 1.54) is 13.3 Å². The lowest BCUT2D eigenvalue weighted by molar-refractivity contribution is 0.0988. The number of rotatable bonds is 5. The predicted octanol–water partition coefficient (Wildman–Crippen LogP) is 6.94. The summed E-state index contributed by atoms with van der Waals surface area (Å²) in [5.74, 6) is 0.179. The molecule has 7 nitrogen and oxygen atoms in total. The summed E-state index contributed by atoms with van der Waals surface area (Å²) in [5, 5.41) is 15.5. The van der Waals surface area contributed by atoms with E-state index in [1.807, 2.05) is 50.2 Å². The lowest BCUT2D eigenvalue weighted by Crippen LogP contribution is -2.31. The number of benzene rings is 2. The topological polar surface area (TPSA) is 84.0 Å². The molecule has 2 aromatic heterocycles. The summed E-state index contributed by atoms with van der Waals surface area (Å²) in [7, 11) is 1.54. The van der Waals surface area contributed by atoms with Crippen LogP contribution in [0, 0.1) is 25.2 Å². The lowest BCUT2D eigenvalue weighted by Gasteiger charge is -2.30. The molecule has 0 radical (unpaired) electrons. The van der Waals surface area contributed by atoms with Gasteiger partial charge in [0.15, 0.2) is 11.4 Å². The first-order chi connectivity index (χ1) is 18.2. The van der Waals surface area contributed by atoms with Gasteiger partial charge in [0.05, 0.1) is 25.0 Å². The summed E-state index contributed by atoms with van der Waals surface area (Å²) in [5.41, 5.74) is 6.25. The van der Waals surface area contributed by atoms with Crippen LogP contribution in [0.25, 0.3) is 5.69 Å². The van der Waals surface area contributed by atoms with E-state index in [-0.39, 0.29) is 17.5 Å². The number of hydrogen-bond donors (Lipinski definition) is 0. The van der Waals surface area contributed by atoms with E-state index in [0.29, 0.717) is 27.2 Å². The van der Waals surface area contributed by atoms with Gasteiger partial charge in [-0.2, -0.15) is 10.4 Å². The van der Waals surface area contributed by atoms with Crippen LogP contribution in [-0.2, 0) is 0 Å². The van der Waals surface area contributed by atoms with Crippen molar-refractivity contribution in [3.63, 3.8) is 0 Å². The molecule has 0 aliphatic carbocycles. The molecule has 1 atom stereocenters. The SMILES string of the molecule is COc1cnc(C#N)cc1-n1nc2c(c1C(C)C)C(c1ccc(Cl)cc1C)N(c1cc(Cl)ccc1C)C2=O. The van der Waals surface area contributed by atoms with Crippen LogP contribution in [-0.4, -0.2) is 27.8 Å². The summed E-state index contributed by atoms with van der Waals surface area (Å²) in [6.07, 6.45) is 1.50. The third kappa shape index (κ3) is 4.10. The zero-order valence-electron chi connectivity index (χ0n) is 21.6. The van der Waals surface area contributed by atoms with E-state index in [1.54, 1.807) is 15.6 Å². The van der Waals surface area contributed by atoms with Crippen LogP contribution < -0.4 is 9.64 Å². The van der Waals surface area contributed by atoms with Gasteiger partial charge in [-0.05, 0) is 60.7 Å². The molecule has 192 valence electrons. The monoisotopic (exact) mass is 545 g/mol. The van der Waals surface area contributed by atoms with E-state index >= 15 is 0 Å². The molecule has 4 aromatic rings. The molecule has 1 aliphatic rings. The summed E-state index contributed by atoms with van der Waals surface area (Å²) < 4.78 is 7.28. The van der Waals surface area contributed by atoms with E-state index in [0.717, 1.165) is 33.6 Å². The van der Waals surface area contributed by atoms with Gasteiger partial charge in [0.1, 0.15) is 17.5 Å².